The van der Waals surface area contributed by atoms with Crippen molar-refractivity contribution < 1.29 is 19.1 Å². The molecule has 2 atom stereocenters. The SMILES string of the molecule is COC(=O)CN(C(=O)OC)C1CN=NC1c1ccc(Cl)cc1. The van der Waals surface area contributed by atoms with E-state index < -0.39 is 18.1 Å². The van der Waals surface area contributed by atoms with Crippen LogP contribution in [0.15, 0.2) is 34.5 Å². The lowest BCUT2D eigenvalue weighted by atomic mass is 10.00. The number of nitrogens with zero attached hydrogens (tertiary/aromatic N) is 3. The minimum atomic E-state index is -0.623. The van der Waals surface area contributed by atoms with Crippen LogP contribution in [0.4, 0.5) is 4.79 Å². The van der Waals surface area contributed by atoms with E-state index >= 15 is 0 Å². The summed E-state index contributed by atoms with van der Waals surface area (Å²) in [4.78, 5) is 24.8. The standard InChI is InChI=1S/C14H16ClN3O4/c1-21-12(19)8-18(14(20)22-2)11-7-16-17-13(11)9-3-5-10(15)6-4-9/h3-6,11,13H,7-8H2,1-2H3. The van der Waals surface area contributed by atoms with Gasteiger partial charge in [0.25, 0.3) is 0 Å². The molecule has 0 fully saturated rings. The van der Waals surface area contributed by atoms with Crippen molar-refractivity contribution in [3.63, 3.8) is 0 Å². The van der Waals surface area contributed by atoms with E-state index in [-0.39, 0.29) is 12.6 Å². The van der Waals surface area contributed by atoms with Crippen molar-refractivity contribution in [1.29, 1.82) is 0 Å². The number of carbonyl (C=O) groups excluding carboxylic acids is 2. The first kappa shape index (κ1) is 16.2. The van der Waals surface area contributed by atoms with Gasteiger partial charge in [-0.2, -0.15) is 10.2 Å². The Balaban J connectivity index is 2.24. The molecular weight excluding hydrogens is 310 g/mol. The van der Waals surface area contributed by atoms with E-state index in [1.807, 2.05) is 12.1 Å². The lowest BCUT2D eigenvalue weighted by molar-refractivity contribution is -0.142. The van der Waals surface area contributed by atoms with Crippen LogP contribution in [0.1, 0.15) is 11.6 Å². The van der Waals surface area contributed by atoms with Crippen LogP contribution >= 0.6 is 11.6 Å². The third-order valence-electron chi connectivity index (χ3n) is 3.39. The second kappa shape index (κ2) is 7.22. The van der Waals surface area contributed by atoms with Gasteiger partial charge in [0.05, 0.1) is 26.8 Å². The number of methoxy groups -OCH3 is 2. The molecule has 2 unspecified atom stereocenters. The summed E-state index contributed by atoms with van der Waals surface area (Å²) in [7, 11) is 2.52. The Labute approximate surface area is 132 Å². The predicted molar refractivity (Wildman–Crippen MR) is 78.8 cm³/mol. The van der Waals surface area contributed by atoms with Crippen molar-refractivity contribution >= 4 is 23.7 Å². The number of amides is 1. The van der Waals surface area contributed by atoms with Gasteiger partial charge in [0.1, 0.15) is 12.6 Å². The average molecular weight is 326 g/mol. The van der Waals surface area contributed by atoms with E-state index in [4.69, 9.17) is 16.3 Å². The quantitative estimate of drug-likeness (QED) is 0.796. The van der Waals surface area contributed by atoms with Gasteiger partial charge in [-0.1, -0.05) is 23.7 Å². The van der Waals surface area contributed by atoms with Gasteiger partial charge < -0.3 is 9.47 Å². The first-order valence-electron chi connectivity index (χ1n) is 6.60. The molecule has 0 spiro atoms. The molecule has 1 aromatic rings. The molecule has 1 amide bonds. The zero-order valence-electron chi connectivity index (χ0n) is 12.2. The zero-order chi connectivity index (χ0) is 16.1. The molecule has 7 nitrogen and oxygen atoms in total. The number of esters is 1. The van der Waals surface area contributed by atoms with Gasteiger partial charge in [-0.05, 0) is 17.7 Å². The summed E-state index contributed by atoms with van der Waals surface area (Å²) in [6, 6.07) is 6.33. The maximum atomic E-state index is 12.0. The molecule has 8 heteroatoms. The normalized spacial score (nSPS) is 19.8. The second-order valence-corrected chi connectivity index (χ2v) is 5.11. The van der Waals surface area contributed by atoms with Crippen molar-refractivity contribution in [3.8, 4) is 0 Å². The molecule has 2 rings (SSSR count). The molecule has 0 aliphatic carbocycles. The van der Waals surface area contributed by atoms with E-state index in [9.17, 15) is 9.59 Å². The van der Waals surface area contributed by atoms with Gasteiger partial charge in [-0.15, -0.1) is 0 Å². The Bertz CT molecular complexity index is 576. The van der Waals surface area contributed by atoms with Crippen LogP contribution in [-0.4, -0.2) is 50.3 Å². The highest BCUT2D eigenvalue weighted by Gasteiger charge is 2.37. The number of hydrogen-bond acceptors (Lipinski definition) is 6. The van der Waals surface area contributed by atoms with E-state index in [1.54, 1.807) is 12.1 Å². The fraction of sp³-hybridized carbons (Fsp3) is 0.429. The van der Waals surface area contributed by atoms with Gasteiger partial charge in [-0.3, -0.25) is 9.69 Å². The minimum Gasteiger partial charge on any atom is -0.468 e. The number of ether oxygens (including phenoxy) is 2. The molecule has 0 radical (unpaired) electrons. The van der Waals surface area contributed by atoms with Crippen molar-refractivity contribution in [3.05, 3.63) is 34.9 Å². The van der Waals surface area contributed by atoms with E-state index in [0.29, 0.717) is 11.6 Å². The minimum absolute atomic E-state index is 0.219. The first-order valence-corrected chi connectivity index (χ1v) is 6.98. The van der Waals surface area contributed by atoms with Crippen molar-refractivity contribution in [2.45, 2.75) is 12.1 Å². The van der Waals surface area contributed by atoms with Gasteiger partial charge >= 0.3 is 12.1 Å². The average Bonchev–Trinajstić information content (AvgIpc) is 3.01. The number of hydrogen-bond donors (Lipinski definition) is 0. The molecule has 118 valence electrons. The van der Waals surface area contributed by atoms with Crippen molar-refractivity contribution in [1.82, 2.24) is 4.90 Å². The van der Waals surface area contributed by atoms with E-state index in [0.717, 1.165) is 5.56 Å². The fourth-order valence-corrected chi connectivity index (χ4v) is 2.38. The molecule has 0 aromatic heterocycles. The first-order chi connectivity index (χ1) is 10.6. The zero-order valence-corrected chi connectivity index (χ0v) is 13.0. The third-order valence-corrected chi connectivity index (χ3v) is 3.64. The Hall–Kier alpha value is -2.15. The van der Waals surface area contributed by atoms with Crippen LogP contribution < -0.4 is 0 Å². The summed E-state index contributed by atoms with van der Waals surface area (Å²) in [5.41, 5.74) is 0.856. The van der Waals surface area contributed by atoms with Crippen molar-refractivity contribution in [2.24, 2.45) is 10.2 Å². The molecule has 0 saturated heterocycles. The molecule has 1 heterocycles. The molecule has 1 aliphatic rings. The molecule has 0 saturated carbocycles. The van der Waals surface area contributed by atoms with E-state index in [2.05, 4.69) is 15.0 Å². The molecular formula is C14H16ClN3O4. The molecule has 1 aromatic carbocycles. The van der Waals surface area contributed by atoms with Gasteiger partial charge in [0.15, 0.2) is 0 Å². The number of rotatable bonds is 4. The largest absolute Gasteiger partial charge is 0.468 e. The number of halogens is 1. The van der Waals surface area contributed by atoms with Crippen LogP contribution in [0.2, 0.25) is 5.02 Å². The Kier molecular flexibility index (Phi) is 5.32. The highest BCUT2D eigenvalue weighted by Crippen LogP contribution is 2.31. The maximum Gasteiger partial charge on any atom is 0.410 e. The number of azo groups is 1. The highest BCUT2D eigenvalue weighted by atomic mass is 35.5. The van der Waals surface area contributed by atoms with Crippen LogP contribution in [-0.2, 0) is 14.3 Å². The molecule has 0 bridgehead atoms. The summed E-state index contributed by atoms with van der Waals surface area (Å²) in [5, 5.41) is 8.78. The fourth-order valence-electron chi connectivity index (χ4n) is 2.25. The maximum absolute atomic E-state index is 12.0. The Morgan fingerprint density at radius 3 is 2.55 bits per heavy atom. The van der Waals surface area contributed by atoms with Crippen molar-refractivity contribution in [2.75, 3.05) is 27.3 Å². The molecule has 22 heavy (non-hydrogen) atoms. The highest BCUT2D eigenvalue weighted by molar-refractivity contribution is 6.30. The van der Waals surface area contributed by atoms with Gasteiger partial charge in [0.2, 0.25) is 0 Å². The molecule has 0 N–H and O–H groups in total. The van der Waals surface area contributed by atoms with Crippen LogP contribution in [0.25, 0.3) is 0 Å². The summed E-state index contributed by atoms with van der Waals surface area (Å²) in [6.07, 6.45) is -0.623. The second-order valence-electron chi connectivity index (χ2n) is 4.68. The van der Waals surface area contributed by atoms with E-state index in [1.165, 1.54) is 19.1 Å². The smallest absolute Gasteiger partial charge is 0.410 e. The van der Waals surface area contributed by atoms with Gasteiger partial charge in [0, 0.05) is 5.02 Å². The summed E-state index contributed by atoms with van der Waals surface area (Å²) < 4.78 is 9.37. The van der Waals surface area contributed by atoms with Gasteiger partial charge in [-0.25, -0.2) is 4.79 Å². The lowest BCUT2D eigenvalue weighted by Gasteiger charge is -2.29. The molecule has 1 aliphatic heterocycles. The number of benzene rings is 1. The monoisotopic (exact) mass is 325 g/mol. The lowest BCUT2D eigenvalue weighted by Crippen LogP contribution is -2.46. The Morgan fingerprint density at radius 2 is 1.95 bits per heavy atom. The van der Waals surface area contributed by atoms with Crippen LogP contribution in [0.3, 0.4) is 0 Å². The van der Waals surface area contributed by atoms with Crippen LogP contribution in [0, 0.1) is 0 Å². The summed E-state index contributed by atoms with van der Waals surface area (Å²) in [5.74, 6) is -0.535. The van der Waals surface area contributed by atoms with Crippen LogP contribution in [0.5, 0.6) is 0 Å². The predicted octanol–water partition coefficient (Wildman–Crippen LogP) is 2.46. The Morgan fingerprint density at radius 1 is 1.27 bits per heavy atom. The third kappa shape index (κ3) is 3.54. The number of carbonyl (C=O) groups is 2. The topological polar surface area (TPSA) is 80.6 Å². The summed E-state index contributed by atoms with van der Waals surface area (Å²) >= 11 is 5.88. The summed E-state index contributed by atoms with van der Waals surface area (Å²) in [6.45, 7) is 0.0718.